The van der Waals surface area contributed by atoms with Crippen LogP contribution in [-0.2, 0) is 6.42 Å². The van der Waals surface area contributed by atoms with Crippen LogP contribution in [0.5, 0.6) is 5.75 Å². The molecule has 2 N–H and O–H groups in total. The van der Waals surface area contributed by atoms with E-state index in [1.807, 2.05) is 23.9 Å². The lowest BCUT2D eigenvalue weighted by Gasteiger charge is -2.13. The highest BCUT2D eigenvalue weighted by Gasteiger charge is 2.07. The lowest BCUT2D eigenvalue weighted by molar-refractivity contribution is 0.318. The van der Waals surface area contributed by atoms with Gasteiger partial charge < -0.3 is 10.5 Å². The Morgan fingerprint density at radius 2 is 2.22 bits per heavy atom. The Kier molecular flexibility index (Phi) is 7.79. The predicted molar refractivity (Wildman–Crippen MR) is 84.6 cm³/mol. The molecule has 1 aromatic carbocycles. The highest BCUT2D eigenvalue weighted by Crippen LogP contribution is 2.24. The standard InChI is InChI=1S/C14H22BrNOS/c1-3-12(16)9-11-10-13(5-6-14(11)15)17-7-4-8-18-2/h5-6,10,12H,3-4,7-9,16H2,1-2H3. The van der Waals surface area contributed by atoms with E-state index in [4.69, 9.17) is 10.5 Å². The molecule has 0 saturated carbocycles. The number of hydrogen-bond donors (Lipinski definition) is 1. The van der Waals surface area contributed by atoms with E-state index in [1.165, 1.54) is 5.56 Å². The monoisotopic (exact) mass is 331 g/mol. The molecule has 102 valence electrons. The summed E-state index contributed by atoms with van der Waals surface area (Å²) in [6.07, 6.45) is 5.08. The molecule has 0 amide bonds. The van der Waals surface area contributed by atoms with Crippen LogP contribution in [0.1, 0.15) is 25.3 Å². The summed E-state index contributed by atoms with van der Waals surface area (Å²) in [6, 6.07) is 6.36. The van der Waals surface area contributed by atoms with E-state index < -0.39 is 0 Å². The molecule has 0 fully saturated rings. The fourth-order valence-corrected chi connectivity index (χ4v) is 2.43. The van der Waals surface area contributed by atoms with Gasteiger partial charge in [0.05, 0.1) is 6.61 Å². The van der Waals surface area contributed by atoms with Gasteiger partial charge in [0.25, 0.3) is 0 Å². The molecule has 0 bridgehead atoms. The van der Waals surface area contributed by atoms with Gasteiger partial charge >= 0.3 is 0 Å². The topological polar surface area (TPSA) is 35.2 Å². The largest absolute Gasteiger partial charge is 0.494 e. The van der Waals surface area contributed by atoms with Crippen LogP contribution in [0.25, 0.3) is 0 Å². The van der Waals surface area contributed by atoms with Gasteiger partial charge in [-0.2, -0.15) is 11.8 Å². The molecular weight excluding hydrogens is 310 g/mol. The smallest absolute Gasteiger partial charge is 0.119 e. The van der Waals surface area contributed by atoms with E-state index in [0.717, 1.165) is 41.8 Å². The van der Waals surface area contributed by atoms with Crippen LogP contribution in [0.3, 0.4) is 0 Å². The van der Waals surface area contributed by atoms with Crippen molar-refractivity contribution in [2.24, 2.45) is 5.73 Å². The van der Waals surface area contributed by atoms with E-state index in [-0.39, 0.29) is 6.04 Å². The third-order valence-corrected chi connectivity index (χ3v) is 4.26. The first-order valence-corrected chi connectivity index (χ1v) is 8.51. The predicted octanol–water partition coefficient (Wildman–Crippen LogP) is 3.86. The second-order valence-corrected chi connectivity index (χ2v) is 6.16. The van der Waals surface area contributed by atoms with Crippen LogP contribution >= 0.6 is 27.7 Å². The van der Waals surface area contributed by atoms with Crippen molar-refractivity contribution >= 4 is 27.7 Å². The maximum Gasteiger partial charge on any atom is 0.119 e. The van der Waals surface area contributed by atoms with E-state index >= 15 is 0 Å². The molecule has 1 unspecified atom stereocenters. The molecule has 0 aliphatic carbocycles. The number of thioether (sulfide) groups is 1. The minimum Gasteiger partial charge on any atom is -0.494 e. The third-order valence-electron chi connectivity index (χ3n) is 2.79. The maximum atomic E-state index is 6.00. The number of halogens is 1. The fraction of sp³-hybridized carbons (Fsp3) is 0.571. The van der Waals surface area contributed by atoms with E-state index in [2.05, 4.69) is 35.2 Å². The van der Waals surface area contributed by atoms with Crippen LogP contribution in [0, 0.1) is 0 Å². The molecule has 0 aliphatic heterocycles. The van der Waals surface area contributed by atoms with Gasteiger partial charge in [-0.1, -0.05) is 22.9 Å². The number of rotatable bonds is 8. The molecule has 0 spiro atoms. The zero-order chi connectivity index (χ0) is 13.4. The van der Waals surface area contributed by atoms with Crippen molar-refractivity contribution in [1.29, 1.82) is 0 Å². The first-order valence-electron chi connectivity index (χ1n) is 6.33. The summed E-state index contributed by atoms with van der Waals surface area (Å²) in [5, 5.41) is 0. The number of benzene rings is 1. The molecule has 0 heterocycles. The molecule has 4 heteroatoms. The average molecular weight is 332 g/mol. The van der Waals surface area contributed by atoms with Gasteiger partial charge in [0.1, 0.15) is 5.75 Å². The summed E-state index contributed by atoms with van der Waals surface area (Å²) in [7, 11) is 0. The van der Waals surface area contributed by atoms with Crippen LogP contribution in [0.4, 0.5) is 0 Å². The van der Waals surface area contributed by atoms with Crippen molar-refractivity contribution in [1.82, 2.24) is 0 Å². The Morgan fingerprint density at radius 1 is 1.44 bits per heavy atom. The fourth-order valence-electron chi connectivity index (χ4n) is 1.62. The highest BCUT2D eigenvalue weighted by molar-refractivity contribution is 9.10. The van der Waals surface area contributed by atoms with Crippen LogP contribution in [-0.4, -0.2) is 24.7 Å². The quantitative estimate of drug-likeness (QED) is 0.734. The summed E-state index contributed by atoms with van der Waals surface area (Å²) in [5.41, 5.74) is 7.23. The van der Waals surface area contributed by atoms with Crippen LogP contribution in [0.2, 0.25) is 0 Å². The number of hydrogen-bond acceptors (Lipinski definition) is 3. The minimum absolute atomic E-state index is 0.216. The summed E-state index contributed by atoms with van der Waals surface area (Å²) in [4.78, 5) is 0. The molecule has 0 radical (unpaired) electrons. The third kappa shape index (κ3) is 5.63. The number of ether oxygens (including phenoxy) is 1. The van der Waals surface area contributed by atoms with Crippen LogP contribution < -0.4 is 10.5 Å². The molecular formula is C14H22BrNOS. The molecule has 0 saturated heterocycles. The molecule has 18 heavy (non-hydrogen) atoms. The molecule has 1 aromatic rings. The second-order valence-electron chi connectivity index (χ2n) is 4.32. The van der Waals surface area contributed by atoms with E-state index in [1.54, 1.807) is 0 Å². The highest BCUT2D eigenvalue weighted by atomic mass is 79.9. The Hall–Kier alpha value is -0.190. The molecule has 1 atom stereocenters. The first kappa shape index (κ1) is 15.9. The number of nitrogens with two attached hydrogens (primary N) is 1. The van der Waals surface area contributed by atoms with Crippen LogP contribution in [0.15, 0.2) is 22.7 Å². The van der Waals surface area contributed by atoms with Gasteiger partial charge in [-0.15, -0.1) is 0 Å². The van der Waals surface area contributed by atoms with Gasteiger partial charge in [-0.05, 0) is 55.0 Å². The van der Waals surface area contributed by atoms with Gasteiger partial charge in [0.2, 0.25) is 0 Å². The van der Waals surface area contributed by atoms with E-state index in [0.29, 0.717) is 0 Å². The average Bonchev–Trinajstić information content (AvgIpc) is 2.38. The van der Waals surface area contributed by atoms with Crippen molar-refractivity contribution in [2.75, 3.05) is 18.6 Å². The van der Waals surface area contributed by atoms with Crippen molar-refractivity contribution in [3.05, 3.63) is 28.2 Å². The first-order chi connectivity index (χ1) is 8.67. The summed E-state index contributed by atoms with van der Waals surface area (Å²) >= 11 is 5.42. The molecule has 1 rings (SSSR count). The van der Waals surface area contributed by atoms with Crippen molar-refractivity contribution < 1.29 is 4.74 Å². The Bertz CT molecular complexity index is 360. The second kappa shape index (κ2) is 8.83. The van der Waals surface area contributed by atoms with Gasteiger partial charge in [0.15, 0.2) is 0 Å². The Morgan fingerprint density at radius 3 is 2.89 bits per heavy atom. The van der Waals surface area contributed by atoms with Gasteiger partial charge in [-0.3, -0.25) is 0 Å². The summed E-state index contributed by atoms with van der Waals surface area (Å²) < 4.78 is 6.86. The van der Waals surface area contributed by atoms with Crippen molar-refractivity contribution in [3.8, 4) is 5.75 Å². The lowest BCUT2D eigenvalue weighted by atomic mass is 10.0. The Labute approximate surface area is 123 Å². The normalized spacial score (nSPS) is 12.4. The maximum absolute atomic E-state index is 6.00. The zero-order valence-corrected chi connectivity index (χ0v) is 13.5. The van der Waals surface area contributed by atoms with Gasteiger partial charge in [-0.25, -0.2) is 0 Å². The SMILES string of the molecule is CCC(N)Cc1cc(OCCCSC)ccc1Br. The summed E-state index contributed by atoms with van der Waals surface area (Å²) in [5.74, 6) is 2.09. The lowest BCUT2D eigenvalue weighted by Crippen LogP contribution is -2.21. The van der Waals surface area contributed by atoms with Crippen molar-refractivity contribution in [2.45, 2.75) is 32.2 Å². The molecule has 2 nitrogen and oxygen atoms in total. The van der Waals surface area contributed by atoms with E-state index in [9.17, 15) is 0 Å². The molecule has 0 aromatic heterocycles. The van der Waals surface area contributed by atoms with Gasteiger partial charge in [0, 0.05) is 10.5 Å². The summed E-state index contributed by atoms with van der Waals surface area (Å²) in [6.45, 7) is 2.89. The minimum atomic E-state index is 0.216. The molecule has 0 aliphatic rings. The zero-order valence-electron chi connectivity index (χ0n) is 11.1. The Balaban J connectivity index is 2.57. The van der Waals surface area contributed by atoms with Crippen molar-refractivity contribution in [3.63, 3.8) is 0 Å².